The Labute approximate surface area is 185 Å². The number of para-hydroxylation sites is 1. The number of phenolic OH excluding ortho intramolecular Hbond substituents is 1. The van der Waals surface area contributed by atoms with Crippen molar-refractivity contribution in [3.05, 3.63) is 55.9 Å². The van der Waals surface area contributed by atoms with E-state index in [1.165, 1.54) is 11.8 Å². The summed E-state index contributed by atoms with van der Waals surface area (Å²) in [7, 11) is 0. The van der Waals surface area contributed by atoms with E-state index in [-0.39, 0.29) is 11.3 Å². The summed E-state index contributed by atoms with van der Waals surface area (Å²) in [4.78, 5) is 15.8. The Hall–Kier alpha value is -2.27. The number of anilines is 1. The number of hydrogen-bond acceptors (Lipinski definition) is 6. The van der Waals surface area contributed by atoms with Crippen LogP contribution in [0.2, 0.25) is 0 Å². The maximum atomic E-state index is 13.0. The minimum Gasteiger partial charge on any atom is -0.504 e. The topological polar surface area (TPSA) is 91.1 Å². The van der Waals surface area contributed by atoms with Crippen LogP contribution in [0.15, 0.2) is 46.3 Å². The van der Waals surface area contributed by atoms with E-state index in [2.05, 4.69) is 32.9 Å². The predicted molar refractivity (Wildman–Crippen MR) is 121 cm³/mol. The first-order chi connectivity index (χ1) is 14.0. The molecule has 2 heterocycles. The van der Waals surface area contributed by atoms with Crippen LogP contribution < -0.4 is 20.3 Å². The maximum Gasteiger partial charge on any atom is 0.325 e. The molecule has 150 valence electrons. The van der Waals surface area contributed by atoms with E-state index >= 15 is 0 Å². The number of halogens is 1. The summed E-state index contributed by atoms with van der Waals surface area (Å²) >= 11 is 3.55. The molecule has 3 N–H and O–H groups in total. The quantitative estimate of drug-likeness (QED) is 0.270. The number of hydrogen-bond donors (Lipinski definition) is 3. The van der Waals surface area contributed by atoms with Gasteiger partial charge in [-0.05, 0) is 64.2 Å². The first kappa shape index (κ1) is 20.0. The van der Waals surface area contributed by atoms with Crippen LogP contribution in [-0.2, 0) is 0 Å². The molecule has 0 saturated heterocycles. The second-order valence-electron chi connectivity index (χ2n) is 6.36. The number of aromatic amines is 1. The molecular formula is C20H20IN4O3S+. The predicted octanol–water partition coefficient (Wildman–Crippen LogP) is 3.52. The molecule has 9 heteroatoms. The first-order valence-corrected chi connectivity index (χ1v) is 11.3. The molecule has 0 fully saturated rings. The number of thioether (sulfide) groups is 1. The Bertz CT molecular complexity index is 1140. The van der Waals surface area contributed by atoms with Crippen LogP contribution in [0.4, 0.5) is 5.69 Å². The molecule has 0 amide bonds. The molecular weight excluding hydrogens is 503 g/mol. The Balaban J connectivity index is 1.94. The molecule has 7 nitrogen and oxygen atoms in total. The summed E-state index contributed by atoms with van der Waals surface area (Å²) in [6, 6.07) is 11.3. The van der Waals surface area contributed by atoms with Crippen LogP contribution in [0.3, 0.4) is 0 Å². The molecule has 1 aromatic heterocycles. The summed E-state index contributed by atoms with van der Waals surface area (Å²) < 4.78 is 7.99. The van der Waals surface area contributed by atoms with Gasteiger partial charge in [0, 0.05) is 10.7 Å². The molecule has 0 radical (unpaired) electrons. The highest BCUT2D eigenvalue weighted by Gasteiger charge is 2.38. The third kappa shape index (κ3) is 3.68. The molecule has 0 unspecified atom stereocenters. The highest BCUT2D eigenvalue weighted by atomic mass is 127. The number of aromatic hydroxyl groups is 1. The van der Waals surface area contributed by atoms with E-state index in [4.69, 9.17) is 9.84 Å². The standard InChI is InChI=1S/C20H19IN4O3S/c1-3-28-15-10-11(9-13(21)17(15)26)18-22-14-8-6-5-7-12(14)16-19(27)23-20(29-4-2)24-25(16)18/h5-10,18H,3-4H2,1-2H3,(H2,23,24,26,27)/p+1/t18-/m0/s1. The number of fused-ring (bicyclic) bond motifs is 3. The van der Waals surface area contributed by atoms with Crippen molar-refractivity contribution in [2.45, 2.75) is 25.2 Å². The lowest BCUT2D eigenvalue weighted by Gasteiger charge is -2.23. The summed E-state index contributed by atoms with van der Waals surface area (Å²) in [5.41, 5.74) is 2.78. The van der Waals surface area contributed by atoms with Crippen molar-refractivity contribution in [2.75, 3.05) is 17.7 Å². The van der Waals surface area contributed by atoms with Gasteiger partial charge in [0.05, 0.1) is 21.4 Å². The van der Waals surface area contributed by atoms with Crippen molar-refractivity contribution in [3.63, 3.8) is 0 Å². The molecule has 1 aliphatic rings. The number of nitrogens with one attached hydrogen (secondary N) is 2. The fraction of sp³-hybridized carbons (Fsp3) is 0.250. The first-order valence-electron chi connectivity index (χ1n) is 9.23. The SMILES string of the molecule is CCOc1cc([C@H]2Nc3ccccc3-c3c(=O)[nH]c(SCC)n[n+]32)cc(I)c1O. The molecule has 2 aromatic carbocycles. The number of phenols is 1. The summed E-state index contributed by atoms with van der Waals surface area (Å²) in [5.74, 6) is 1.31. The monoisotopic (exact) mass is 523 g/mol. The van der Waals surface area contributed by atoms with Crippen LogP contribution in [-0.4, -0.2) is 27.5 Å². The normalized spacial score (nSPS) is 14.7. The number of rotatable bonds is 5. The van der Waals surface area contributed by atoms with Gasteiger partial charge in [-0.2, -0.15) is 0 Å². The van der Waals surface area contributed by atoms with Gasteiger partial charge in [0.2, 0.25) is 5.16 Å². The van der Waals surface area contributed by atoms with Crippen molar-refractivity contribution in [3.8, 4) is 22.8 Å². The molecule has 0 spiro atoms. The van der Waals surface area contributed by atoms with Crippen molar-refractivity contribution in [1.29, 1.82) is 0 Å². The zero-order chi connectivity index (χ0) is 20.5. The fourth-order valence-electron chi connectivity index (χ4n) is 3.33. The minimum atomic E-state index is -0.424. The molecule has 0 aliphatic carbocycles. The van der Waals surface area contributed by atoms with Gasteiger partial charge in [-0.3, -0.25) is 9.78 Å². The summed E-state index contributed by atoms with van der Waals surface area (Å²) in [6.45, 7) is 4.32. The lowest BCUT2D eigenvalue weighted by atomic mass is 10.0. The van der Waals surface area contributed by atoms with E-state index in [1.54, 1.807) is 10.7 Å². The van der Waals surface area contributed by atoms with Crippen LogP contribution in [0, 0.1) is 3.57 Å². The van der Waals surface area contributed by atoms with Gasteiger partial charge < -0.3 is 15.2 Å². The van der Waals surface area contributed by atoms with E-state index in [9.17, 15) is 9.90 Å². The lowest BCUT2D eigenvalue weighted by molar-refractivity contribution is -0.759. The number of nitrogens with zero attached hydrogens (tertiary/aromatic N) is 2. The minimum absolute atomic E-state index is 0.110. The molecule has 29 heavy (non-hydrogen) atoms. The van der Waals surface area contributed by atoms with Crippen LogP contribution in [0.25, 0.3) is 11.3 Å². The average molecular weight is 523 g/mol. The van der Waals surface area contributed by atoms with Gasteiger partial charge >= 0.3 is 11.3 Å². The van der Waals surface area contributed by atoms with Gasteiger partial charge in [-0.1, -0.05) is 30.8 Å². The van der Waals surface area contributed by atoms with E-state index in [1.807, 2.05) is 44.2 Å². The molecule has 4 rings (SSSR count). The van der Waals surface area contributed by atoms with Gasteiger partial charge in [0.15, 0.2) is 11.5 Å². The van der Waals surface area contributed by atoms with E-state index in [0.29, 0.717) is 26.8 Å². The number of H-pyrrole nitrogens is 1. The average Bonchev–Trinajstić information content (AvgIpc) is 2.71. The Morgan fingerprint density at radius 2 is 2.10 bits per heavy atom. The third-order valence-corrected chi connectivity index (χ3v) is 6.10. The summed E-state index contributed by atoms with van der Waals surface area (Å²) in [6.07, 6.45) is -0.424. The van der Waals surface area contributed by atoms with Crippen molar-refractivity contribution in [2.24, 2.45) is 0 Å². The van der Waals surface area contributed by atoms with Crippen LogP contribution >= 0.6 is 34.4 Å². The molecule has 1 atom stereocenters. The van der Waals surface area contributed by atoms with E-state index < -0.39 is 6.17 Å². The Kier molecular flexibility index (Phi) is 5.68. The Morgan fingerprint density at radius 1 is 1.31 bits per heavy atom. The second-order valence-corrected chi connectivity index (χ2v) is 8.78. The Morgan fingerprint density at radius 3 is 2.86 bits per heavy atom. The van der Waals surface area contributed by atoms with Crippen LogP contribution in [0.5, 0.6) is 11.5 Å². The van der Waals surface area contributed by atoms with Crippen LogP contribution in [0.1, 0.15) is 25.6 Å². The van der Waals surface area contributed by atoms with Crippen molar-refractivity contribution in [1.82, 2.24) is 10.1 Å². The number of ether oxygens (including phenoxy) is 1. The molecule has 3 aromatic rings. The van der Waals surface area contributed by atoms with Gasteiger partial charge in [0.1, 0.15) is 0 Å². The highest BCUT2D eigenvalue weighted by Crippen LogP contribution is 2.37. The molecule has 1 aliphatic heterocycles. The van der Waals surface area contributed by atoms with Crippen molar-refractivity contribution >= 4 is 40.0 Å². The lowest BCUT2D eigenvalue weighted by Crippen LogP contribution is -2.55. The summed E-state index contributed by atoms with van der Waals surface area (Å²) in [5, 5.41) is 19.1. The van der Waals surface area contributed by atoms with Crippen molar-refractivity contribution < 1.29 is 14.5 Å². The smallest absolute Gasteiger partial charge is 0.325 e. The highest BCUT2D eigenvalue weighted by molar-refractivity contribution is 14.1. The maximum absolute atomic E-state index is 13.0. The zero-order valence-electron chi connectivity index (χ0n) is 15.9. The fourth-order valence-corrected chi connectivity index (χ4v) is 4.54. The zero-order valence-corrected chi connectivity index (χ0v) is 18.9. The number of benzene rings is 2. The van der Waals surface area contributed by atoms with Gasteiger partial charge in [-0.15, -0.1) is 0 Å². The number of aromatic nitrogens is 3. The third-order valence-electron chi connectivity index (χ3n) is 4.53. The molecule has 0 saturated carbocycles. The largest absolute Gasteiger partial charge is 0.504 e. The van der Waals surface area contributed by atoms with Gasteiger partial charge in [0.25, 0.3) is 6.17 Å². The van der Waals surface area contributed by atoms with Gasteiger partial charge in [-0.25, -0.2) is 0 Å². The second kappa shape index (κ2) is 8.23. The van der Waals surface area contributed by atoms with E-state index in [0.717, 1.165) is 22.6 Å². The molecule has 0 bridgehead atoms.